The van der Waals surface area contributed by atoms with E-state index >= 15 is 0 Å². The van der Waals surface area contributed by atoms with Gasteiger partial charge < -0.3 is 5.11 Å². The van der Waals surface area contributed by atoms with Gasteiger partial charge in [0, 0.05) is 9.26 Å². The van der Waals surface area contributed by atoms with Gasteiger partial charge in [-0.1, -0.05) is 24.3 Å². The quantitative estimate of drug-likeness (QED) is 0.755. The van der Waals surface area contributed by atoms with E-state index in [0.717, 1.165) is 9.13 Å². The molecule has 0 aromatic heterocycles. The van der Waals surface area contributed by atoms with E-state index in [9.17, 15) is 8.42 Å². The van der Waals surface area contributed by atoms with Crippen molar-refractivity contribution < 1.29 is 13.5 Å². The van der Waals surface area contributed by atoms with Crippen LogP contribution in [0.2, 0.25) is 0 Å². The number of sulfonamides is 1. The summed E-state index contributed by atoms with van der Waals surface area (Å²) in [7, 11) is -3.44. The van der Waals surface area contributed by atoms with Crippen molar-refractivity contribution in [2.24, 2.45) is 0 Å². The molecule has 0 bridgehead atoms. The molecule has 106 valence electrons. The Labute approximate surface area is 132 Å². The molecule has 20 heavy (non-hydrogen) atoms. The molecule has 0 fully saturated rings. The summed E-state index contributed by atoms with van der Waals surface area (Å²) in [4.78, 5) is 0. The summed E-state index contributed by atoms with van der Waals surface area (Å²) in [5.74, 6) is -0.0926. The van der Waals surface area contributed by atoms with Crippen LogP contribution in [0.5, 0.6) is 0 Å². The van der Waals surface area contributed by atoms with Gasteiger partial charge in [0.2, 0.25) is 10.0 Å². The summed E-state index contributed by atoms with van der Waals surface area (Å²) in [6, 6.07) is 14.0. The van der Waals surface area contributed by atoms with E-state index in [0.29, 0.717) is 11.3 Å². The topological polar surface area (TPSA) is 66.4 Å². The van der Waals surface area contributed by atoms with Gasteiger partial charge in [0.25, 0.3) is 0 Å². The Morgan fingerprint density at radius 1 is 0.950 bits per heavy atom. The lowest BCUT2D eigenvalue weighted by molar-refractivity contribution is 0.282. The molecule has 0 spiro atoms. The van der Waals surface area contributed by atoms with E-state index < -0.39 is 10.0 Å². The molecule has 2 rings (SSSR count). The fourth-order valence-corrected chi connectivity index (χ4v) is 3.25. The van der Waals surface area contributed by atoms with Crippen molar-refractivity contribution in [3.63, 3.8) is 0 Å². The molecule has 0 aliphatic rings. The van der Waals surface area contributed by atoms with Gasteiger partial charge >= 0.3 is 0 Å². The molecular weight excluding hydrogens is 389 g/mol. The smallest absolute Gasteiger partial charge is 0.236 e. The van der Waals surface area contributed by atoms with Gasteiger partial charge in [0.05, 0.1) is 12.4 Å². The van der Waals surface area contributed by atoms with Crippen molar-refractivity contribution in [3.8, 4) is 0 Å². The molecule has 2 N–H and O–H groups in total. The van der Waals surface area contributed by atoms with Gasteiger partial charge in [-0.05, 0) is 58.0 Å². The molecule has 0 aliphatic heterocycles. The summed E-state index contributed by atoms with van der Waals surface area (Å²) in [5, 5.41) is 8.95. The van der Waals surface area contributed by atoms with Crippen molar-refractivity contribution in [1.82, 2.24) is 0 Å². The van der Waals surface area contributed by atoms with Gasteiger partial charge in [-0.25, -0.2) is 8.42 Å². The standard InChI is InChI=1S/C14H14INO3S/c15-13-5-7-14(8-6-13)16-20(18,19)10-12-3-1-11(9-17)2-4-12/h1-8,16-17H,9-10H2. The van der Waals surface area contributed by atoms with Crippen molar-refractivity contribution in [2.75, 3.05) is 4.72 Å². The second-order valence-electron chi connectivity index (χ2n) is 4.34. The first-order valence-corrected chi connectivity index (χ1v) is 8.66. The predicted octanol–water partition coefficient (Wildman–Crippen LogP) is 2.73. The number of anilines is 1. The minimum absolute atomic E-state index is 0.0477. The Morgan fingerprint density at radius 2 is 1.50 bits per heavy atom. The fourth-order valence-electron chi connectivity index (χ4n) is 1.69. The molecule has 0 atom stereocenters. The summed E-state index contributed by atoms with van der Waals surface area (Å²) < 4.78 is 27.7. The van der Waals surface area contributed by atoms with Crippen molar-refractivity contribution >= 4 is 38.3 Å². The maximum absolute atomic E-state index is 12.0. The zero-order valence-corrected chi connectivity index (χ0v) is 13.6. The lowest BCUT2D eigenvalue weighted by atomic mass is 10.2. The summed E-state index contributed by atoms with van der Waals surface area (Å²) >= 11 is 2.16. The van der Waals surface area contributed by atoms with Gasteiger partial charge in [0.15, 0.2) is 0 Å². The monoisotopic (exact) mass is 403 g/mol. The molecule has 0 saturated carbocycles. The molecule has 0 radical (unpaired) electrons. The van der Waals surface area contributed by atoms with Crippen LogP contribution in [-0.4, -0.2) is 13.5 Å². The van der Waals surface area contributed by atoms with E-state index in [-0.39, 0.29) is 12.4 Å². The molecule has 2 aromatic rings. The predicted molar refractivity (Wildman–Crippen MR) is 87.8 cm³/mol. The molecule has 0 heterocycles. The molecule has 0 amide bonds. The first kappa shape index (κ1) is 15.3. The molecule has 0 saturated heterocycles. The third-order valence-electron chi connectivity index (χ3n) is 2.68. The van der Waals surface area contributed by atoms with E-state index in [1.165, 1.54) is 0 Å². The van der Waals surface area contributed by atoms with E-state index in [4.69, 9.17) is 5.11 Å². The van der Waals surface area contributed by atoms with E-state index in [1.54, 1.807) is 36.4 Å². The van der Waals surface area contributed by atoms with E-state index in [2.05, 4.69) is 27.3 Å². The maximum atomic E-state index is 12.0. The van der Waals surface area contributed by atoms with Crippen molar-refractivity contribution in [2.45, 2.75) is 12.4 Å². The minimum atomic E-state index is -3.44. The highest BCUT2D eigenvalue weighted by molar-refractivity contribution is 14.1. The highest BCUT2D eigenvalue weighted by Gasteiger charge is 2.11. The van der Waals surface area contributed by atoms with Crippen LogP contribution in [0, 0.1) is 3.57 Å². The van der Waals surface area contributed by atoms with Gasteiger partial charge in [0.1, 0.15) is 0 Å². The number of hydrogen-bond donors (Lipinski definition) is 2. The lowest BCUT2D eigenvalue weighted by Crippen LogP contribution is -2.15. The number of aliphatic hydroxyl groups is 1. The molecule has 0 unspecified atom stereocenters. The molecule has 0 aliphatic carbocycles. The summed E-state index contributed by atoms with van der Waals surface area (Å²) in [6.07, 6.45) is 0. The minimum Gasteiger partial charge on any atom is -0.392 e. The molecule has 2 aromatic carbocycles. The van der Waals surface area contributed by atoms with Gasteiger partial charge in [-0.2, -0.15) is 0 Å². The number of benzene rings is 2. The number of hydrogen-bond acceptors (Lipinski definition) is 3. The number of aliphatic hydroxyl groups excluding tert-OH is 1. The lowest BCUT2D eigenvalue weighted by Gasteiger charge is -2.08. The number of rotatable bonds is 5. The Balaban J connectivity index is 2.08. The van der Waals surface area contributed by atoms with Crippen LogP contribution in [0.3, 0.4) is 0 Å². The van der Waals surface area contributed by atoms with Crippen LogP contribution in [0.4, 0.5) is 5.69 Å². The Hall–Kier alpha value is -1.12. The number of nitrogens with one attached hydrogen (secondary N) is 1. The van der Waals surface area contributed by atoms with Gasteiger partial charge in [-0.15, -0.1) is 0 Å². The average molecular weight is 403 g/mol. The second kappa shape index (κ2) is 6.55. The maximum Gasteiger partial charge on any atom is 0.236 e. The highest BCUT2D eigenvalue weighted by atomic mass is 127. The summed E-state index contributed by atoms with van der Waals surface area (Å²) in [5.41, 5.74) is 1.99. The first-order valence-electron chi connectivity index (χ1n) is 5.93. The number of halogens is 1. The fraction of sp³-hybridized carbons (Fsp3) is 0.143. The van der Waals surface area contributed by atoms with Crippen LogP contribution >= 0.6 is 22.6 Å². The van der Waals surface area contributed by atoms with Crippen LogP contribution in [0.1, 0.15) is 11.1 Å². The normalized spacial score (nSPS) is 11.3. The third-order valence-corrected chi connectivity index (χ3v) is 4.66. The zero-order chi connectivity index (χ0) is 14.6. The zero-order valence-electron chi connectivity index (χ0n) is 10.6. The Kier molecular flexibility index (Phi) is 5.00. The Morgan fingerprint density at radius 3 is 2.05 bits per heavy atom. The SMILES string of the molecule is O=S(=O)(Cc1ccc(CO)cc1)Nc1ccc(I)cc1. The molecule has 6 heteroatoms. The van der Waals surface area contributed by atoms with Crippen molar-refractivity contribution in [3.05, 3.63) is 63.2 Å². The van der Waals surface area contributed by atoms with Crippen LogP contribution in [0.15, 0.2) is 48.5 Å². The Bertz CT molecular complexity index is 667. The summed E-state index contributed by atoms with van der Waals surface area (Å²) in [6.45, 7) is -0.0477. The highest BCUT2D eigenvalue weighted by Crippen LogP contribution is 2.15. The average Bonchev–Trinajstić information content (AvgIpc) is 2.41. The largest absolute Gasteiger partial charge is 0.392 e. The molecular formula is C14H14INO3S. The van der Waals surface area contributed by atoms with Crippen LogP contribution in [0.25, 0.3) is 0 Å². The molecule has 4 nitrogen and oxygen atoms in total. The van der Waals surface area contributed by atoms with E-state index in [1.807, 2.05) is 12.1 Å². The van der Waals surface area contributed by atoms with Gasteiger partial charge in [-0.3, -0.25) is 4.72 Å². The third kappa shape index (κ3) is 4.46. The van der Waals surface area contributed by atoms with Crippen LogP contribution in [-0.2, 0) is 22.4 Å². The van der Waals surface area contributed by atoms with Crippen LogP contribution < -0.4 is 4.72 Å². The second-order valence-corrected chi connectivity index (χ2v) is 7.31. The first-order chi connectivity index (χ1) is 9.48. The van der Waals surface area contributed by atoms with Crippen molar-refractivity contribution in [1.29, 1.82) is 0 Å².